The van der Waals surface area contributed by atoms with Gasteiger partial charge in [0.1, 0.15) is 12.1 Å². The summed E-state index contributed by atoms with van der Waals surface area (Å²) in [6.45, 7) is 0. The highest BCUT2D eigenvalue weighted by Gasteiger charge is 2.66. The van der Waals surface area contributed by atoms with Crippen molar-refractivity contribution in [3.8, 4) is 0 Å². The number of rotatable bonds is 13. The minimum Gasteiger partial charge on any atom is -0.368 e. The third kappa shape index (κ3) is 8.77. The molecular formula is C30H21Br2F8IN7O6P. The molecular weight excluding hydrogens is 1020 g/mol. The number of amides is 3. The molecule has 0 spiro atoms. The maximum atomic E-state index is 14.4. The van der Waals surface area contributed by atoms with E-state index in [1.165, 1.54) is 12.1 Å². The maximum Gasteiger partial charge on any atom is 0.442 e. The summed E-state index contributed by atoms with van der Waals surface area (Å²) in [4.78, 5) is 58.1. The quantitative estimate of drug-likeness (QED) is 0.0695. The van der Waals surface area contributed by atoms with Crippen LogP contribution in [0, 0.1) is 3.57 Å². The normalized spacial score (nSPS) is 17.0. The van der Waals surface area contributed by atoms with Crippen LogP contribution in [0.5, 0.6) is 0 Å². The predicted octanol–water partition coefficient (Wildman–Crippen LogP) is 6.96. The van der Waals surface area contributed by atoms with Gasteiger partial charge in [0.25, 0.3) is 5.91 Å². The number of benzene rings is 3. The first-order valence-corrected chi connectivity index (χ1v) is 19.2. The first kappa shape index (κ1) is 42.7. The Bertz CT molecular complexity index is 2190. The van der Waals surface area contributed by atoms with E-state index in [-0.39, 0.29) is 19.2 Å². The largest absolute Gasteiger partial charge is 0.442 e. The highest BCUT2D eigenvalue weighted by Crippen LogP contribution is 2.60. The van der Waals surface area contributed by atoms with Gasteiger partial charge < -0.3 is 26.2 Å². The lowest BCUT2D eigenvalue weighted by Gasteiger charge is -2.24. The van der Waals surface area contributed by atoms with Crippen LogP contribution < -0.4 is 16.4 Å². The Morgan fingerprint density at radius 2 is 1.33 bits per heavy atom. The molecule has 6 N–H and O–H groups in total. The minimum atomic E-state index is -5.97. The van der Waals surface area contributed by atoms with E-state index in [0.29, 0.717) is 6.07 Å². The zero-order valence-corrected chi connectivity index (χ0v) is 33.0. The molecule has 0 saturated heterocycles. The molecule has 3 amide bonds. The standard InChI is InChI=1S/C30H21Br2F8IN7O6P/c31-17-4-13(3-15(10-17)26(45-46-26)29(35,36)37)7-22(44-24(50)14-8-16(11-18(41)9-14)27(47-48-27)30(38,39)40)25(51)43-21(23(42)49)6-12-1-2-19(20(32)5-12)28(33,34)55(52,53)54/h1-5,8-11,21-22H,6-7H2,(H2,42,49)(H,43,51)(H,44,50)(H2,52,53,54)/t21-,22-/m0/s1/i41-2. The molecule has 13 nitrogen and oxygen atoms in total. The van der Waals surface area contributed by atoms with Gasteiger partial charge in [0.05, 0.1) is 0 Å². The number of hydrogen-bond acceptors (Lipinski definition) is 8. The van der Waals surface area contributed by atoms with Crippen LogP contribution >= 0.6 is 62.0 Å². The van der Waals surface area contributed by atoms with E-state index in [4.69, 9.17) is 15.5 Å². The van der Waals surface area contributed by atoms with Crippen molar-refractivity contribution in [2.24, 2.45) is 26.2 Å². The van der Waals surface area contributed by atoms with Crippen LogP contribution in [0.4, 0.5) is 35.1 Å². The summed E-state index contributed by atoms with van der Waals surface area (Å²) in [6, 6.07) is 5.67. The van der Waals surface area contributed by atoms with Gasteiger partial charge in [-0.1, -0.05) is 50.1 Å². The van der Waals surface area contributed by atoms with Crippen LogP contribution in [0.15, 0.2) is 84.0 Å². The summed E-state index contributed by atoms with van der Waals surface area (Å²) in [5, 5.41) is 17.2. The zero-order valence-electron chi connectivity index (χ0n) is 26.8. The highest BCUT2D eigenvalue weighted by molar-refractivity contribution is 14.1. The predicted molar refractivity (Wildman–Crippen MR) is 188 cm³/mol. The summed E-state index contributed by atoms with van der Waals surface area (Å²) in [5.74, 6) is -3.49. The third-order valence-electron chi connectivity index (χ3n) is 8.20. The molecule has 2 atom stereocenters. The van der Waals surface area contributed by atoms with Crippen molar-refractivity contribution in [1.82, 2.24) is 10.6 Å². The molecule has 0 aromatic heterocycles. The first-order chi connectivity index (χ1) is 25.2. The molecule has 0 radical (unpaired) electrons. The molecule has 5 rings (SSSR count). The lowest BCUT2D eigenvalue weighted by atomic mass is 9.96. The molecule has 0 bridgehead atoms. The molecule has 3 aromatic rings. The fourth-order valence-electron chi connectivity index (χ4n) is 5.28. The minimum absolute atomic E-state index is 0.0122. The van der Waals surface area contributed by atoms with Crippen molar-refractivity contribution < 1.29 is 63.9 Å². The van der Waals surface area contributed by atoms with Crippen LogP contribution in [0.1, 0.15) is 38.2 Å². The molecule has 2 aliphatic rings. The van der Waals surface area contributed by atoms with Crippen LogP contribution in [-0.2, 0) is 44.0 Å². The monoisotopic (exact) mass is 1040 g/mol. The SMILES string of the molecule is NC(=O)[C@H](Cc1ccc(C(F)(F)P(=O)(O)O)c(Br)c1)NC(=O)[C@H](Cc1cc(Br)cc(C2(C(F)(F)F)N=N2)c1)NC(=O)c1cc([125I])cc(C2(C(F)(F)F)N=N2)c1. The molecule has 0 aliphatic carbocycles. The second-order valence-electron chi connectivity index (χ2n) is 12.1. The number of carbonyl (C=O) groups is 3. The van der Waals surface area contributed by atoms with Crippen molar-refractivity contribution in [3.63, 3.8) is 0 Å². The second-order valence-corrected chi connectivity index (χ2v) is 16.8. The molecule has 25 heteroatoms. The van der Waals surface area contributed by atoms with Gasteiger partial charge in [-0.15, -0.1) is 20.5 Å². The summed E-state index contributed by atoms with van der Waals surface area (Å²) in [7, 11) is -5.97. The Morgan fingerprint density at radius 3 is 1.82 bits per heavy atom. The van der Waals surface area contributed by atoms with Gasteiger partial charge in [-0.3, -0.25) is 18.9 Å². The number of halogens is 11. The number of nitrogens with two attached hydrogens (primary N) is 1. The summed E-state index contributed by atoms with van der Waals surface area (Å²) in [6.07, 6.45) is -11.0. The van der Waals surface area contributed by atoms with Crippen LogP contribution in [0.2, 0.25) is 0 Å². The van der Waals surface area contributed by atoms with Crippen LogP contribution in [0.3, 0.4) is 0 Å². The number of nitrogens with one attached hydrogen (secondary N) is 2. The summed E-state index contributed by atoms with van der Waals surface area (Å²) < 4.78 is 123. The van der Waals surface area contributed by atoms with E-state index in [0.717, 1.165) is 36.4 Å². The van der Waals surface area contributed by atoms with Gasteiger partial charge in [-0.25, -0.2) is 0 Å². The molecule has 0 unspecified atom stereocenters. The molecule has 0 fully saturated rings. The van der Waals surface area contributed by atoms with Crippen LogP contribution in [0.25, 0.3) is 0 Å². The Labute approximate surface area is 333 Å². The van der Waals surface area contributed by atoms with E-state index >= 15 is 0 Å². The number of primary amides is 1. The van der Waals surface area contributed by atoms with E-state index in [1.54, 1.807) is 22.6 Å². The Hall–Kier alpha value is -3.45. The number of alkyl halides is 8. The lowest BCUT2D eigenvalue weighted by molar-refractivity contribution is -0.166. The van der Waals surface area contributed by atoms with Gasteiger partial charge in [0.2, 0.25) is 11.8 Å². The molecule has 0 saturated carbocycles. The van der Waals surface area contributed by atoms with Crippen molar-refractivity contribution in [3.05, 3.63) is 100 Å². The van der Waals surface area contributed by atoms with Gasteiger partial charge in [-0.2, -0.15) is 35.1 Å². The highest BCUT2D eigenvalue weighted by atomic mass is 125. The first-order valence-electron chi connectivity index (χ1n) is 15.0. The second kappa shape index (κ2) is 14.8. The fraction of sp³-hybridized carbons (Fsp3) is 0.300. The van der Waals surface area contributed by atoms with Crippen molar-refractivity contribution >= 4 is 79.8 Å². The average molecular weight is 1040 g/mol. The summed E-state index contributed by atoms with van der Waals surface area (Å²) >= 11 is 7.54. The van der Waals surface area contributed by atoms with Crippen molar-refractivity contribution in [1.29, 1.82) is 0 Å². The molecule has 294 valence electrons. The number of hydrogen-bond donors (Lipinski definition) is 5. The van der Waals surface area contributed by atoms with Gasteiger partial charge in [0.15, 0.2) is 0 Å². The van der Waals surface area contributed by atoms with Crippen LogP contribution in [-0.4, -0.2) is 51.9 Å². The maximum absolute atomic E-state index is 14.4. The lowest BCUT2D eigenvalue weighted by Crippen LogP contribution is -2.54. The summed E-state index contributed by atoms with van der Waals surface area (Å²) in [5.41, 5.74) is -7.37. The third-order valence-corrected chi connectivity index (χ3v) is 10.9. The Kier molecular flexibility index (Phi) is 11.5. The molecule has 2 heterocycles. The van der Waals surface area contributed by atoms with Gasteiger partial charge in [0, 0.05) is 47.6 Å². The van der Waals surface area contributed by atoms with Crippen molar-refractivity contribution in [2.45, 2.75) is 54.3 Å². The zero-order chi connectivity index (χ0) is 41.1. The molecule has 55 heavy (non-hydrogen) atoms. The Morgan fingerprint density at radius 1 is 0.782 bits per heavy atom. The fourth-order valence-corrected chi connectivity index (χ4v) is 7.83. The molecule has 2 aliphatic heterocycles. The van der Waals surface area contributed by atoms with E-state index in [1.807, 2.05) is 0 Å². The van der Waals surface area contributed by atoms with Gasteiger partial charge >= 0.3 is 36.9 Å². The number of nitrogens with zero attached hydrogens (tertiary/aromatic N) is 4. The average Bonchev–Trinajstić information content (AvgIpc) is 3.96. The Balaban J connectivity index is 1.46. The number of carbonyl (C=O) groups excluding carboxylic acids is 3. The molecule has 3 aromatic carbocycles. The van der Waals surface area contributed by atoms with E-state index in [9.17, 15) is 54.1 Å². The van der Waals surface area contributed by atoms with Crippen molar-refractivity contribution in [2.75, 3.05) is 0 Å². The van der Waals surface area contributed by atoms with Gasteiger partial charge in [-0.05, 0) is 70.1 Å². The van der Waals surface area contributed by atoms with E-state index < -0.39 is 106 Å². The van der Waals surface area contributed by atoms with E-state index in [2.05, 4.69) is 63.0 Å². The smallest absolute Gasteiger partial charge is 0.368 e. The topological polar surface area (TPSA) is 208 Å².